The van der Waals surface area contributed by atoms with Gasteiger partial charge in [-0.15, -0.1) is 0 Å². The predicted octanol–water partition coefficient (Wildman–Crippen LogP) is 1.83. The van der Waals surface area contributed by atoms with Crippen LogP contribution in [0.15, 0.2) is 30.3 Å². The van der Waals surface area contributed by atoms with Gasteiger partial charge in [-0.1, -0.05) is 30.3 Å². The van der Waals surface area contributed by atoms with E-state index in [1.54, 1.807) is 13.8 Å². The second kappa shape index (κ2) is 4.59. The van der Waals surface area contributed by atoms with Crippen molar-refractivity contribution < 1.29 is 19.7 Å². The normalized spacial score (nSPS) is 26.3. The highest BCUT2D eigenvalue weighted by molar-refractivity contribution is 5.67. The molecule has 0 saturated carbocycles. The van der Waals surface area contributed by atoms with E-state index in [1.807, 2.05) is 30.3 Å². The summed E-state index contributed by atoms with van der Waals surface area (Å²) in [6, 6.07) is 8.77. The molecular formula is C13H17NO4. The van der Waals surface area contributed by atoms with E-state index in [1.165, 1.54) is 4.90 Å². The van der Waals surface area contributed by atoms with Gasteiger partial charge in [0.1, 0.15) is 11.8 Å². The molecule has 1 aromatic rings. The van der Waals surface area contributed by atoms with E-state index < -0.39 is 24.0 Å². The number of hydrogen-bond acceptors (Lipinski definition) is 3. The van der Waals surface area contributed by atoms with Crippen molar-refractivity contribution in [2.45, 2.75) is 31.7 Å². The molecule has 0 spiro atoms. The molecule has 5 nitrogen and oxygen atoms in total. The molecule has 0 bridgehead atoms. The van der Waals surface area contributed by atoms with Gasteiger partial charge in [-0.25, -0.2) is 4.79 Å². The fourth-order valence-corrected chi connectivity index (χ4v) is 2.46. The zero-order chi connectivity index (χ0) is 13.3. The van der Waals surface area contributed by atoms with Crippen LogP contribution >= 0.6 is 0 Å². The van der Waals surface area contributed by atoms with Gasteiger partial charge in [0.25, 0.3) is 0 Å². The highest BCUT2D eigenvalue weighted by atomic mass is 16.6. The Labute approximate surface area is 106 Å². The molecular weight excluding hydrogens is 234 g/mol. The Balaban J connectivity index is 2.37. The van der Waals surface area contributed by atoms with E-state index in [0.717, 1.165) is 5.56 Å². The lowest BCUT2D eigenvalue weighted by atomic mass is 10.0. The number of ether oxygens (including phenoxy) is 1. The fraction of sp³-hybridized carbons (Fsp3) is 0.462. The minimum atomic E-state index is -1.09. The van der Waals surface area contributed by atoms with E-state index in [0.29, 0.717) is 0 Å². The van der Waals surface area contributed by atoms with Gasteiger partial charge in [0.2, 0.25) is 0 Å². The van der Waals surface area contributed by atoms with Gasteiger partial charge in [0.05, 0.1) is 12.6 Å². The maximum absolute atomic E-state index is 11.3. The lowest BCUT2D eigenvalue weighted by molar-refractivity contribution is -0.0674. The Morgan fingerprint density at radius 1 is 1.39 bits per heavy atom. The molecule has 18 heavy (non-hydrogen) atoms. The first-order valence-corrected chi connectivity index (χ1v) is 5.83. The number of carbonyl (C=O) groups is 1. The standard InChI is InChI=1S/C13H17NO4/c1-13(2)14(12(16)17)10(8-15)11(18-13)9-6-4-3-5-7-9/h3-7,10-11,15H,8H2,1-2H3,(H,16,17)/t10-,11-/m1/s1. The highest BCUT2D eigenvalue weighted by Crippen LogP contribution is 2.40. The minimum Gasteiger partial charge on any atom is -0.465 e. The summed E-state index contributed by atoms with van der Waals surface area (Å²) < 4.78 is 5.80. The summed E-state index contributed by atoms with van der Waals surface area (Å²) >= 11 is 0. The van der Waals surface area contributed by atoms with Crippen LogP contribution in [0.2, 0.25) is 0 Å². The molecule has 2 atom stereocenters. The number of hydrogen-bond donors (Lipinski definition) is 2. The maximum atomic E-state index is 11.3. The molecule has 98 valence electrons. The first kappa shape index (κ1) is 12.9. The molecule has 1 aliphatic heterocycles. The zero-order valence-corrected chi connectivity index (χ0v) is 10.4. The van der Waals surface area contributed by atoms with Gasteiger partial charge >= 0.3 is 6.09 Å². The molecule has 1 aliphatic rings. The van der Waals surface area contributed by atoms with Gasteiger partial charge in [-0.05, 0) is 19.4 Å². The number of aliphatic hydroxyl groups excluding tert-OH is 1. The van der Waals surface area contributed by atoms with Gasteiger partial charge < -0.3 is 14.9 Å². The summed E-state index contributed by atoms with van der Waals surface area (Å²) in [6.45, 7) is 3.11. The smallest absolute Gasteiger partial charge is 0.410 e. The van der Waals surface area contributed by atoms with E-state index in [9.17, 15) is 15.0 Å². The lowest BCUT2D eigenvalue weighted by Crippen LogP contribution is -2.48. The average molecular weight is 251 g/mol. The van der Waals surface area contributed by atoms with Crippen LogP contribution in [0.5, 0.6) is 0 Å². The summed E-state index contributed by atoms with van der Waals surface area (Å²) in [5.41, 5.74) is -0.0758. The first-order valence-electron chi connectivity index (χ1n) is 5.83. The van der Waals surface area contributed by atoms with Gasteiger partial charge in [-0.2, -0.15) is 0 Å². The van der Waals surface area contributed by atoms with Gasteiger partial charge in [-0.3, -0.25) is 4.90 Å². The van der Waals surface area contributed by atoms with Crippen molar-refractivity contribution in [2.75, 3.05) is 6.61 Å². The molecule has 0 unspecified atom stereocenters. The number of benzene rings is 1. The average Bonchev–Trinajstić information content (AvgIpc) is 2.61. The Kier molecular flexibility index (Phi) is 3.28. The van der Waals surface area contributed by atoms with Crippen LogP contribution in [-0.4, -0.2) is 39.6 Å². The second-order valence-corrected chi connectivity index (χ2v) is 4.80. The molecule has 0 radical (unpaired) electrons. The maximum Gasteiger partial charge on any atom is 0.410 e. The third-order valence-corrected chi connectivity index (χ3v) is 3.20. The summed E-state index contributed by atoms with van der Waals surface area (Å²) in [7, 11) is 0. The highest BCUT2D eigenvalue weighted by Gasteiger charge is 2.50. The largest absolute Gasteiger partial charge is 0.465 e. The van der Waals surface area contributed by atoms with Crippen LogP contribution in [0.4, 0.5) is 4.79 Å². The third-order valence-electron chi connectivity index (χ3n) is 3.20. The number of carboxylic acid groups (broad SMARTS) is 1. The van der Waals surface area contributed by atoms with Crippen LogP contribution in [0.3, 0.4) is 0 Å². The topological polar surface area (TPSA) is 70.0 Å². The van der Waals surface area contributed by atoms with Crippen molar-refractivity contribution in [3.63, 3.8) is 0 Å². The fourth-order valence-electron chi connectivity index (χ4n) is 2.46. The summed E-state index contributed by atoms with van der Waals surface area (Å²) in [4.78, 5) is 12.5. The number of amides is 1. The molecule has 2 rings (SSSR count). The number of rotatable bonds is 2. The molecule has 1 aromatic carbocycles. The van der Waals surface area contributed by atoms with E-state index >= 15 is 0 Å². The van der Waals surface area contributed by atoms with Crippen LogP contribution in [-0.2, 0) is 4.74 Å². The molecule has 1 amide bonds. The Morgan fingerprint density at radius 3 is 2.50 bits per heavy atom. The molecule has 1 saturated heterocycles. The van der Waals surface area contributed by atoms with Gasteiger partial charge in [0, 0.05) is 0 Å². The molecule has 1 heterocycles. The number of nitrogens with zero attached hydrogens (tertiary/aromatic N) is 1. The monoisotopic (exact) mass is 251 g/mol. The van der Waals surface area contributed by atoms with Gasteiger partial charge in [0.15, 0.2) is 0 Å². The summed E-state index contributed by atoms with van der Waals surface area (Å²) in [5, 5.41) is 18.7. The molecule has 0 aromatic heterocycles. The van der Waals surface area contributed by atoms with Crippen molar-refractivity contribution >= 4 is 6.09 Å². The Bertz CT molecular complexity index is 432. The zero-order valence-electron chi connectivity index (χ0n) is 10.4. The lowest BCUT2D eigenvalue weighted by Gasteiger charge is -2.29. The Morgan fingerprint density at radius 2 is 2.00 bits per heavy atom. The van der Waals surface area contributed by atoms with E-state index in [4.69, 9.17) is 4.74 Å². The van der Waals surface area contributed by atoms with E-state index in [2.05, 4.69) is 0 Å². The van der Waals surface area contributed by atoms with E-state index in [-0.39, 0.29) is 6.61 Å². The van der Waals surface area contributed by atoms with Crippen LogP contribution in [0, 0.1) is 0 Å². The molecule has 5 heteroatoms. The minimum absolute atomic E-state index is 0.269. The van der Waals surface area contributed by atoms with Crippen LogP contribution in [0.1, 0.15) is 25.5 Å². The van der Waals surface area contributed by atoms with Crippen molar-refractivity contribution in [1.29, 1.82) is 0 Å². The summed E-state index contributed by atoms with van der Waals surface area (Å²) in [5.74, 6) is 0. The molecule has 0 aliphatic carbocycles. The van der Waals surface area contributed by atoms with Crippen LogP contribution in [0.25, 0.3) is 0 Å². The SMILES string of the molecule is CC1(C)O[C@H](c2ccccc2)[C@@H](CO)N1C(=O)O. The first-order chi connectivity index (χ1) is 8.47. The molecule has 1 fully saturated rings. The predicted molar refractivity (Wildman–Crippen MR) is 65.1 cm³/mol. The third kappa shape index (κ3) is 2.07. The van der Waals surface area contributed by atoms with Crippen LogP contribution < -0.4 is 0 Å². The van der Waals surface area contributed by atoms with Crippen molar-refractivity contribution in [2.24, 2.45) is 0 Å². The molecule has 2 N–H and O–H groups in total. The van der Waals surface area contributed by atoms with Crippen molar-refractivity contribution in [3.05, 3.63) is 35.9 Å². The Hall–Kier alpha value is -1.59. The quantitative estimate of drug-likeness (QED) is 0.841. The van der Waals surface area contributed by atoms with Crippen molar-refractivity contribution in [1.82, 2.24) is 4.90 Å². The summed E-state index contributed by atoms with van der Waals surface area (Å²) in [6.07, 6.45) is -1.53. The number of aliphatic hydroxyl groups is 1. The second-order valence-electron chi connectivity index (χ2n) is 4.80. The van der Waals surface area contributed by atoms with Crippen molar-refractivity contribution in [3.8, 4) is 0 Å².